The monoisotopic (exact) mass is 393 g/mol. The van der Waals surface area contributed by atoms with Crippen molar-refractivity contribution in [2.45, 2.75) is 39.3 Å². The number of urea groups is 1. The van der Waals surface area contributed by atoms with Gasteiger partial charge in [0.25, 0.3) is 0 Å². The highest BCUT2D eigenvalue weighted by molar-refractivity contribution is 5.95. The summed E-state index contributed by atoms with van der Waals surface area (Å²) in [6.45, 7) is 6.28. The first-order valence-electron chi connectivity index (χ1n) is 9.51. The molecule has 1 aromatic rings. The van der Waals surface area contributed by atoms with E-state index in [0.29, 0.717) is 23.3 Å². The van der Waals surface area contributed by atoms with Gasteiger partial charge in [-0.25, -0.2) is 4.79 Å². The van der Waals surface area contributed by atoms with Crippen LogP contribution in [-0.4, -0.2) is 57.3 Å². The predicted octanol–water partition coefficient (Wildman–Crippen LogP) is 2.16. The van der Waals surface area contributed by atoms with E-state index in [0.717, 1.165) is 31.5 Å². The van der Waals surface area contributed by atoms with Crippen LogP contribution in [0.15, 0.2) is 12.1 Å². The zero-order valence-electron chi connectivity index (χ0n) is 17.3. The second kappa shape index (κ2) is 10.2. The summed E-state index contributed by atoms with van der Waals surface area (Å²) in [6, 6.07) is 3.48. The van der Waals surface area contributed by atoms with Crippen LogP contribution in [0, 0.1) is 5.92 Å². The molecule has 0 atom stereocenters. The molecule has 0 aromatic heterocycles. The summed E-state index contributed by atoms with van der Waals surface area (Å²) in [5.74, 6) is 1.16. The lowest BCUT2D eigenvalue weighted by atomic mass is 9.95. The normalized spacial score (nSPS) is 15.2. The van der Waals surface area contributed by atoms with Crippen LogP contribution >= 0.6 is 0 Å². The summed E-state index contributed by atoms with van der Waals surface area (Å²) in [5, 5.41) is 5.15. The number of carbonyl (C=O) groups excluding carboxylic acids is 2. The summed E-state index contributed by atoms with van der Waals surface area (Å²) in [5.41, 5.74) is 0.766. The zero-order chi connectivity index (χ0) is 20.7. The number of imide groups is 1. The van der Waals surface area contributed by atoms with Gasteiger partial charge in [0, 0.05) is 18.5 Å². The van der Waals surface area contributed by atoms with Crippen molar-refractivity contribution in [3.8, 4) is 17.2 Å². The van der Waals surface area contributed by atoms with E-state index >= 15 is 0 Å². The lowest BCUT2D eigenvalue weighted by Gasteiger charge is -2.33. The second-order valence-corrected chi connectivity index (χ2v) is 7.11. The minimum atomic E-state index is -0.509. The number of hydrogen-bond donors (Lipinski definition) is 2. The number of rotatable bonds is 7. The third-order valence-electron chi connectivity index (χ3n) is 5.04. The average Bonchev–Trinajstić information content (AvgIpc) is 2.71. The molecule has 8 heteroatoms. The standard InChI is InChI=1S/C20H31N3O5/c1-13(2)23-8-6-15(7-9-23)19(24)22-20(25)21-12-14-10-16(26-3)18(28-5)17(11-14)27-4/h10-11,13,15H,6-9,12H2,1-5H3,(H2,21,22,24,25). The van der Waals surface area contributed by atoms with E-state index in [1.54, 1.807) is 12.1 Å². The van der Waals surface area contributed by atoms with Gasteiger partial charge >= 0.3 is 6.03 Å². The van der Waals surface area contributed by atoms with Crippen LogP contribution < -0.4 is 24.8 Å². The summed E-state index contributed by atoms with van der Waals surface area (Å²) in [4.78, 5) is 26.8. The molecule has 1 aliphatic rings. The lowest BCUT2D eigenvalue weighted by molar-refractivity contribution is -0.125. The smallest absolute Gasteiger partial charge is 0.321 e. The number of piperidine rings is 1. The number of benzene rings is 1. The molecule has 1 aliphatic heterocycles. The molecular weight excluding hydrogens is 362 g/mol. The van der Waals surface area contributed by atoms with Gasteiger partial charge < -0.3 is 24.4 Å². The first-order valence-corrected chi connectivity index (χ1v) is 9.51. The zero-order valence-corrected chi connectivity index (χ0v) is 17.3. The molecule has 0 saturated carbocycles. The molecule has 1 saturated heterocycles. The van der Waals surface area contributed by atoms with Crippen LogP contribution in [0.1, 0.15) is 32.3 Å². The van der Waals surface area contributed by atoms with E-state index in [-0.39, 0.29) is 18.4 Å². The van der Waals surface area contributed by atoms with Crippen molar-refractivity contribution in [3.63, 3.8) is 0 Å². The highest BCUT2D eigenvalue weighted by Gasteiger charge is 2.27. The SMILES string of the molecule is COc1cc(CNC(=O)NC(=O)C2CCN(C(C)C)CC2)cc(OC)c1OC. The van der Waals surface area contributed by atoms with Gasteiger partial charge in [-0.3, -0.25) is 10.1 Å². The molecule has 1 aromatic carbocycles. The van der Waals surface area contributed by atoms with Crippen LogP contribution in [0.5, 0.6) is 17.2 Å². The van der Waals surface area contributed by atoms with E-state index < -0.39 is 6.03 Å². The first kappa shape index (κ1) is 21.8. The molecule has 28 heavy (non-hydrogen) atoms. The fourth-order valence-electron chi connectivity index (χ4n) is 3.36. The topological polar surface area (TPSA) is 89.1 Å². The fraction of sp³-hybridized carbons (Fsp3) is 0.600. The van der Waals surface area contributed by atoms with E-state index in [1.165, 1.54) is 21.3 Å². The highest BCUT2D eigenvalue weighted by atomic mass is 16.5. The fourth-order valence-corrected chi connectivity index (χ4v) is 3.36. The quantitative estimate of drug-likeness (QED) is 0.738. The Balaban J connectivity index is 1.88. The minimum Gasteiger partial charge on any atom is -0.493 e. The average molecular weight is 393 g/mol. The van der Waals surface area contributed by atoms with E-state index in [2.05, 4.69) is 29.4 Å². The van der Waals surface area contributed by atoms with Crippen LogP contribution in [-0.2, 0) is 11.3 Å². The number of hydrogen-bond acceptors (Lipinski definition) is 6. The predicted molar refractivity (Wildman–Crippen MR) is 106 cm³/mol. The third-order valence-corrected chi connectivity index (χ3v) is 5.04. The van der Waals surface area contributed by atoms with Gasteiger partial charge in [0.05, 0.1) is 21.3 Å². The van der Waals surface area contributed by atoms with Crippen molar-refractivity contribution in [1.29, 1.82) is 0 Å². The first-order chi connectivity index (χ1) is 13.4. The van der Waals surface area contributed by atoms with Gasteiger partial charge in [-0.2, -0.15) is 0 Å². The maximum absolute atomic E-state index is 12.3. The Kier molecular flexibility index (Phi) is 7.92. The van der Waals surface area contributed by atoms with Crippen molar-refractivity contribution in [2.24, 2.45) is 5.92 Å². The number of ether oxygens (including phenoxy) is 3. The Morgan fingerprint density at radius 3 is 2.11 bits per heavy atom. The van der Waals surface area contributed by atoms with Gasteiger partial charge in [-0.05, 0) is 57.5 Å². The Bertz CT molecular complexity index is 659. The Labute approximate surface area is 166 Å². The second-order valence-electron chi connectivity index (χ2n) is 7.11. The van der Waals surface area contributed by atoms with Crippen molar-refractivity contribution in [1.82, 2.24) is 15.5 Å². The van der Waals surface area contributed by atoms with Crippen LogP contribution in [0.2, 0.25) is 0 Å². The molecule has 0 bridgehead atoms. The van der Waals surface area contributed by atoms with Gasteiger partial charge in [-0.15, -0.1) is 0 Å². The summed E-state index contributed by atoms with van der Waals surface area (Å²) >= 11 is 0. The number of carbonyl (C=O) groups is 2. The summed E-state index contributed by atoms with van der Waals surface area (Å²) in [6.07, 6.45) is 1.54. The van der Waals surface area contributed by atoms with Gasteiger partial charge in [-0.1, -0.05) is 0 Å². The molecule has 2 rings (SSSR count). The molecule has 0 radical (unpaired) electrons. The van der Waals surface area contributed by atoms with E-state index in [1.807, 2.05) is 0 Å². The number of nitrogens with one attached hydrogen (secondary N) is 2. The van der Waals surface area contributed by atoms with Gasteiger partial charge in [0.15, 0.2) is 11.5 Å². The molecule has 2 N–H and O–H groups in total. The lowest BCUT2D eigenvalue weighted by Crippen LogP contribution is -2.46. The van der Waals surface area contributed by atoms with Crippen molar-refractivity contribution in [2.75, 3.05) is 34.4 Å². The van der Waals surface area contributed by atoms with Crippen molar-refractivity contribution >= 4 is 11.9 Å². The molecule has 8 nitrogen and oxygen atoms in total. The van der Waals surface area contributed by atoms with Crippen LogP contribution in [0.4, 0.5) is 4.79 Å². The maximum Gasteiger partial charge on any atom is 0.321 e. The molecule has 3 amide bonds. The van der Waals surface area contributed by atoms with Gasteiger partial charge in [0.1, 0.15) is 0 Å². The van der Waals surface area contributed by atoms with Crippen molar-refractivity contribution < 1.29 is 23.8 Å². The van der Waals surface area contributed by atoms with Crippen LogP contribution in [0.3, 0.4) is 0 Å². The third kappa shape index (κ3) is 5.51. The minimum absolute atomic E-state index is 0.123. The molecular formula is C20H31N3O5. The van der Waals surface area contributed by atoms with E-state index in [9.17, 15) is 9.59 Å². The molecule has 0 unspecified atom stereocenters. The summed E-state index contributed by atoms with van der Waals surface area (Å²) < 4.78 is 15.9. The number of methoxy groups -OCH3 is 3. The molecule has 1 fully saturated rings. The Hall–Kier alpha value is -2.48. The number of likely N-dealkylation sites (tertiary alicyclic amines) is 1. The Morgan fingerprint density at radius 2 is 1.64 bits per heavy atom. The molecule has 0 aliphatic carbocycles. The van der Waals surface area contributed by atoms with E-state index in [4.69, 9.17) is 14.2 Å². The molecule has 0 spiro atoms. The van der Waals surface area contributed by atoms with Crippen LogP contribution in [0.25, 0.3) is 0 Å². The number of nitrogens with zero attached hydrogens (tertiary/aromatic N) is 1. The maximum atomic E-state index is 12.3. The Morgan fingerprint density at radius 1 is 1.07 bits per heavy atom. The molecule has 1 heterocycles. The number of amides is 3. The molecule has 156 valence electrons. The summed E-state index contributed by atoms with van der Waals surface area (Å²) in [7, 11) is 4.60. The highest BCUT2D eigenvalue weighted by Crippen LogP contribution is 2.38. The largest absolute Gasteiger partial charge is 0.493 e. The van der Waals surface area contributed by atoms with Crippen molar-refractivity contribution in [3.05, 3.63) is 17.7 Å². The van der Waals surface area contributed by atoms with Gasteiger partial charge in [0.2, 0.25) is 11.7 Å².